The number of carbonyl (C=O) groups is 2. The van der Waals surface area contributed by atoms with Crippen molar-refractivity contribution in [3.8, 4) is 5.75 Å². The normalized spacial score (nSPS) is 18.1. The Labute approximate surface area is 261 Å². The second-order valence-corrected chi connectivity index (χ2v) is 13.9. The maximum absolute atomic E-state index is 13.6. The lowest BCUT2D eigenvalue weighted by Gasteiger charge is -2.40. The minimum atomic E-state index is -0.312. The van der Waals surface area contributed by atoms with Crippen LogP contribution in [-0.4, -0.2) is 64.3 Å². The minimum Gasteiger partial charge on any atom is -0.483 e. The molecule has 8 heteroatoms. The molecule has 0 unspecified atom stereocenters. The van der Waals surface area contributed by atoms with Crippen LogP contribution in [0.5, 0.6) is 5.75 Å². The SMILES string of the molecule is Cc1cccc(C)c1OCC(=O)N[C@H](CCN1CC[C@@H](Sc2ccncc2)C[C@H]1C(=O)NC(C)(C)C)Cc1ccccc1. The fourth-order valence-corrected chi connectivity index (χ4v) is 6.74. The predicted octanol–water partition coefficient (Wildman–Crippen LogP) is 5.73. The molecule has 0 aliphatic carbocycles. The van der Waals surface area contributed by atoms with Crippen molar-refractivity contribution in [3.63, 3.8) is 0 Å². The summed E-state index contributed by atoms with van der Waals surface area (Å²) in [6, 6.07) is 19.9. The lowest BCUT2D eigenvalue weighted by molar-refractivity contribution is -0.129. The lowest BCUT2D eigenvalue weighted by atomic mass is 9.97. The van der Waals surface area contributed by atoms with Gasteiger partial charge >= 0.3 is 0 Å². The minimum absolute atomic E-state index is 0.0365. The Morgan fingerprint density at radius 3 is 2.40 bits per heavy atom. The van der Waals surface area contributed by atoms with Gasteiger partial charge < -0.3 is 15.4 Å². The van der Waals surface area contributed by atoms with Gasteiger partial charge in [-0.05, 0) is 95.7 Å². The molecule has 43 heavy (non-hydrogen) atoms. The topological polar surface area (TPSA) is 83.6 Å². The first-order valence-corrected chi connectivity index (χ1v) is 16.1. The summed E-state index contributed by atoms with van der Waals surface area (Å²) in [6.07, 6.45) is 6.83. The zero-order valence-corrected chi connectivity index (χ0v) is 27.0. The van der Waals surface area contributed by atoms with Gasteiger partial charge in [0.15, 0.2) is 6.61 Å². The summed E-state index contributed by atoms with van der Waals surface area (Å²) in [5, 5.41) is 6.80. The van der Waals surface area contributed by atoms with Gasteiger partial charge in [-0.1, -0.05) is 48.5 Å². The van der Waals surface area contributed by atoms with Crippen molar-refractivity contribution in [2.24, 2.45) is 0 Å². The van der Waals surface area contributed by atoms with Gasteiger partial charge in [0.25, 0.3) is 5.91 Å². The Balaban J connectivity index is 1.43. The highest BCUT2D eigenvalue weighted by atomic mass is 32.2. The number of para-hydroxylation sites is 1. The number of likely N-dealkylation sites (tertiary alicyclic amines) is 1. The van der Waals surface area contributed by atoms with Crippen LogP contribution in [0.4, 0.5) is 0 Å². The number of nitrogens with one attached hydrogen (secondary N) is 2. The van der Waals surface area contributed by atoms with Crippen molar-refractivity contribution in [1.82, 2.24) is 20.5 Å². The molecule has 1 aliphatic rings. The van der Waals surface area contributed by atoms with Crippen LogP contribution in [0.2, 0.25) is 0 Å². The second-order valence-electron chi connectivity index (χ2n) is 12.5. The van der Waals surface area contributed by atoms with Gasteiger partial charge in [0.05, 0.1) is 6.04 Å². The van der Waals surface area contributed by atoms with Gasteiger partial charge in [0.1, 0.15) is 5.75 Å². The molecule has 1 aromatic heterocycles. The van der Waals surface area contributed by atoms with E-state index < -0.39 is 0 Å². The fourth-order valence-electron chi connectivity index (χ4n) is 5.57. The summed E-state index contributed by atoms with van der Waals surface area (Å²) >= 11 is 1.83. The Morgan fingerprint density at radius 1 is 1.02 bits per heavy atom. The Kier molecular flexibility index (Phi) is 11.7. The number of hydrogen-bond donors (Lipinski definition) is 2. The number of ether oxygens (including phenoxy) is 1. The summed E-state index contributed by atoms with van der Waals surface area (Å²) in [7, 11) is 0. The second kappa shape index (κ2) is 15.4. The molecule has 0 radical (unpaired) electrons. The molecule has 0 spiro atoms. The Bertz CT molecular complexity index is 1310. The van der Waals surface area contributed by atoms with Gasteiger partial charge in [0, 0.05) is 40.7 Å². The van der Waals surface area contributed by atoms with Crippen LogP contribution in [0.3, 0.4) is 0 Å². The summed E-state index contributed by atoms with van der Waals surface area (Å²) in [4.78, 5) is 34.3. The van der Waals surface area contributed by atoms with Crippen molar-refractivity contribution in [2.45, 2.75) is 88.1 Å². The molecule has 230 valence electrons. The van der Waals surface area contributed by atoms with Crippen LogP contribution in [0, 0.1) is 13.8 Å². The fraction of sp³-hybridized carbons (Fsp3) is 0.457. The van der Waals surface area contributed by atoms with E-state index in [1.54, 1.807) is 0 Å². The third-order valence-corrected chi connectivity index (χ3v) is 8.94. The number of benzene rings is 2. The van der Waals surface area contributed by atoms with E-state index in [1.807, 2.05) is 107 Å². The highest BCUT2D eigenvalue weighted by molar-refractivity contribution is 8.00. The number of carbonyl (C=O) groups excluding carboxylic acids is 2. The molecular formula is C35H46N4O3S. The van der Waals surface area contributed by atoms with Crippen LogP contribution >= 0.6 is 11.8 Å². The molecule has 3 atom stereocenters. The highest BCUT2D eigenvalue weighted by Crippen LogP contribution is 2.33. The van der Waals surface area contributed by atoms with Gasteiger partial charge in [0.2, 0.25) is 5.91 Å². The summed E-state index contributed by atoms with van der Waals surface area (Å²) in [6.45, 7) is 11.5. The maximum atomic E-state index is 13.6. The molecular weight excluding hydrogens is 556 g/mol. The average Bonchev–Trinajstić information content (AvgIpc) is 2.96. The maximum Gasteiger partial charge on any atom is 0.258 e. The zero-order chi connectivity index (χ0) is 30.8. The lowest BCUT2D eigenvalue weighted by Crippen LogP contribution is -2.56. The molecule has 3 aromatic rings. The van der Waals surface area contributed by atoms with Crippen LogP contribution in [0.1, 0.15) is 56.7 Å². The van der Waals surface area contributed by atoms with Crippen LogP contribution in [-0.2, 0) is 16.0 Å². The van der Waals surface area contributed by atoms with Crippen molar-refractivity contribution in [3.05, 3.63) is 89.7 Å². The van der Waals surface area contributed by atoms with Gasteiger partial charge in [-0.2, -0.15) is 0 Å². The van der Waals surface area contributed by atoms with E-state index >= 15 is 0 Å². The van der Waals surface area contributed by atoms with E-state index in [0.29, 0.717) is 18.2 Å². The zero-order valence-electron chi connectivity index (χ0n) is 26.1. The van der Waals surface area contributed by atoms with E-state index in [0.717, 1.165) is 48.2 Å². The number of aromatic nitrogens is 1. The van der Waals surface area contributed by atoms with E-state index in [-0.39, 0.29) is 36.0 Å². The first-order chi connectivity index (χ1) is 20.6. The van der Waals surface area contributed by atoms with E-state index in [2.05, 4.69) is 32.7 Å². The molecule has 0 bridgehead atoms. The van der Waals surface area contributed by atoms with Gasteiger partial charge in [-0.15, -0.1) is 11.8 Å². The molecule has 7 nitrogen and oxygen atoms in total. The molecule has 1 saturated heterocycles. The molecule has 2 aromatic carbocycles. The van der Waals surface area contributed by atoms with Crippen molar-refractivity contribution < 1.29 is 14.3 Å². The summed E-state index contributed by atoms with van der Waals surface area (Å²) < 4.78 is 5.95. The Morgan fingerprint density at radius 2 is 1.72 bits per heavy atom. The first kappa shape index (κ1) is 32.6. The standard InChI is InChI=1S/C35H46N4O3S/c1-25-10-9-11-26(2)33(25)42-24-32(40)37-28(22-27-12-7-6-8-13-27)16-20-39-21-17-30(43-29-14-18-36-19-15-29)23-31(39)34(41)38-35(3,4)5/h6-15,18-19,28,30-31H,16-17,20-24H2,1-5H3,(H,37,40)(H,38,41)/t28-,30-,31+/m1/s1. The average molecular weight is 603 g/mol. The van der Waals surface area contributed by atoms with E-state index in [1.165, 1.54) is 4.90 Å². The van der Waals surface area contributed by atoms with Crippen LogP contribution in [0.25, 0.3) is 0 Å². The van der Waals surface area contributed by atoms with E-state index in [9.17, 15) is 9.59 Å². The quantitative estimate of drug-likeness (QED) is 0.275. The van der Waals surface area contributed by atoms with Crippen molar-refractivity contribution >= 4 is 23.6 Å². The van der Waals surface area contributed by atoms with Crippen molar-refractivity contribution in [1.29, 1.82) is 0 Å². The molecule has 2 heterocycles. The first-order valence-electron chi connectivity index (χ1n) is 15.2. The third-order valence-electron chi connectivity index (χ3n) is 7.63. The van der Waals surface area contributed by atoms with Gasteiger partial charge in [-0.25, -0.2) is 0 Å². The summed E-state index contributed by atoms with van der Waals surface area (Å²) in [5.41, 5.74) is 2.88. The highest BCUT2D eigenvalue weighted by Gasteiger charge is 2.35. The largest absolute Gasteiger partial charge is 0.483 e. The smallest absolute Gasteiger partial charge is 0.258 e. The number of rotatable bonds is 12. The Hall–Kier alpha value is -3.36. The third kappa shape index (κ3) is 10.4. The molecule has 0 saturated carbocycles. The van der Waals surface area contributed by atoms with Crippen LogP contribution in [0.15, 0.2) is 78.0 Å². The number of hydrogen-bond acceptors (Lipinski definition) is 6. The number of nitrogens with zero attached hydrogens (tertiary/aromatic N) is 2. The van der Waals surface area contributed by atoms with Crippen LogP contribution < -0.4 is 15.4 Å². The molecule has 1 aliphatic heterocycles. The van der Waals surface area contributed by atoms with E-state index in [4.69, 9.17) is 4.74 Å². The molecule has 1 fully saturated rings. The predicted molar refractivity (Wildman–Crippen MR) is 174 cm³/mol. The summed E-state index contributed by atoms with van der Waals surface area (Å²) in [5.74, 6) is 0.689. The number of piperidine rings is 1. The molecule has 2 amide bonds. The number of thioether (sulfide) groups is 1. The molecule has 4 rings (SSSR count). The number of pyridine rings is 1. The van der Waals surface area contributed by atoms with Crippen molar-refractivity contribution in [2.75, 3.05) is 19.7 Å². The number of aryl methyl sites for hydroxylation is 2. The number of amides is 2. The molecule has 2 N–H and O–H groups in total. The monoisotopic (exact) mass is 602 g/mol. The van der Waals surface area contributed by atoms with Gasteiger partial charge in [-0.3, -0.25) is 19.5 Å².